The summed E-state index contributed by atoms with van der Waals surface area (Å²) >= 11 is 1.79. The summed E-state index contributed by atoms with van der Waals surface area (Å²) in [7, 11) is 6.02. The van der Waals surface area contributed by atoms with Crippen molar-refractivity contribution in [2.75, 3.05) is 0 Å². The molecule has 7 rings (SSSR count). The Balaban J connectivity index is 1.41. The second-order valence-corrected chi connectivity index (χ2v) is 9.87. The second kappa shape index (κ2) is 7.69. The Labute approximate surface area is 206 Å². The molecule has 35 heavy (non-hydrogen) atoms. The van der Waals surface area contributed by atoms with E-state index in [2.05, 4.69) is 42.5 Å². The van der Waals surface area contributed by atoms with Gasteiger partial charge in [0.05, 0.1) is 10.8 Å². The summed E-state index contributed by atoms with van der Waals surface area (Å²) in [6.45, 7) is 0. The van der Waals surface area contributed by atoms with Crippen LogP contribution in [-0.2, 0) is 0 Å². The van der Waals surface area contributed by atoms with Gasteiger partial charge >= 0.3 is 0 Å². The van der Waals surface area contributed by atoms with E-state index < -0.39 is 0 Å². The number of fused-ring (bicyclic) bond motifs is 5. The van der Waals surface area contributed by atoms with Crippen LogP contribution in [-0.4, -0.2) is 7.85 Å². The zero-order valence-electron chi connectivity index (χ0n) is 18.6. The molecule has 2 heterocycles. The maximum atomic E-state index is 13.1. The lowest BCUT2D eigenvalue weighted by Gasteiger charge is -2.06. The molecule has 5 aromatic carbocycles. The van der Waals surface area contributed by atoms with Crippen molar-refractivity contribution in [2.24, 2.45) is 0 Å². The summed E-state index contributed by atoms with van der Waals surface area (Å²) in [4.78, 5) is 13.1. The van der Waals surface area contributed by atoms with E-state index in [0.717, 1.165) is 27.7 Å². The normalized spacial score (nSPS) is 11.7. The van der Waals surface area contributed by atoms with Gasteiger partial charge in [0, 0.05) is 20.2 Å². The molecule has 0 aliphatic rings. The molecule has 2 nitrogen and oxygen atoms in total. The molecule has 0 aliphatic carbocycles. The van der Waals surface area contributed by atoms with Crippen molar-refractivity contribution in [1.29, 1.82) is 0 Å². The van der Waals surface area contributed by atoms with Gasteiger partial charge in [-0.2, -0.15) is 0 Å². The van der Waals surface area contributed by atoms with E-state index in [-0.39, 0.29) is 5.43 Å². The third kappa shape index (κ3) is 3.29. The third-order valence-electron chi connectivity index (χ3n) is 6.60. The third-order valence-corrected chi connectivity index (χ3v) is 7.75. The van der Waals surface area contributed by atoms with Crippen LogP contribution < -0.4 is 10.9 Å². The quantitative estimate of drug-likeness (QED) is 0.197. The molecule has 0 fully saturated rings. The van der Waals surface area contributed by atoms with Crippen LogP contribution in [0.15, 0.2) is 112 Å². The highest BCUT2D eigenvalue weighted by atomic mass is 32.1. The molecule has 0 spiro atoms. The lowest BCUT2D eigenvalue weighted by molar-refractivity contribution is 0.660. The summed E-state index contributed by atoms with van der Waals surface area (Å²) in [5, 5.41) is 3.63. The van der Waals surface area contributed by atoms with Gasteiger partial charge in [0.2, 0.25) is 5.43 Å². The highest BCUT2D eigenvalue weighted by molar-refractivity contribution is 7.25. The SMILES string of the molecule is [B]c1cccc(-c2ccc3sc4ccc(-c5ccc6oc7ccccc7c(=O)c6c5)cc4c3c2)c1. The molecular weight excluding hydrogens is 447 g/mol. The van der Waals surface area contributed by atoms with Crippen molar-refractivity contribution in [3.63, 3.8) is 0 Å². The Morgan fingerprint density at radius 1 is 0.543 bits per heavy atom. The number of thiophene rings is 1. The fourth-order valence-corrected chi connectivity index (χ4v) is 5.90. The predicted molar refractivity (Wildman–Crippen MR) is 149 cm³/mol. The van der Waals surface area contributed by atoms with Crippen LogP contribution in [0.25, 0.3) is 64.4 Å². The number of hydrogen-bond acceptors (Lipinski definition) is 3. The topological polar surface area (TPSA) is 30.2 Å². The van der Waals surface area contributed by atoms with E-state index in [1.54, 1.807) is 11.3 Å². The van der Waals surface area contributed by atoms with Crippen molar-refractivity contribution in [2.45, 2.75) is 0 Å². The molecule has 0 unspecified atom stereocenters. The molecule has 0 aliphatic heterocycles. The maximum absolute atomic E-state index is 13.1. The Hall–Kier alpha value is -4.15. The van der Waals surface area contributed by atoms with E-state index in [0.29, 0.717) is 21.9 Å². The fraction of sp³-hybridized carbons (Fsp3) is 0. The van der Waals surface area contributed by atoms with E-state index in [1.807, 2.05) is 60.7 Å². The Morgan fingerprint density at radius 3 is 1.86 bits per heavy atom. The molecule has 2 aromatic heterocycles. The van der Waals surface area contributed by atoms with Gasteiger partial charge in [-0.25, -0.2) is 0 Å². The number of hydrogen-bond donors (Lipinski definition) is 0. The summed E-state index contributed by atoms with van der Waals surface area (Å²) < 4.78 is 8.47. The molecular formula is C31H17BO2S. The van der Waals surface area contributed by atoms with Crippen LogP contribution in [0.2, 0.25) is 0 Å². The van der Waals surface area contributed by atoms with E-state index in [4.69, 9.17) is 12.3 Å². The molecule has 0 amide bonds. The molecule has 162 valence electrons. The zero-order chi connectivity index (χ0) is 23.5. The van der Waals surface area contributed by atoms with E-state index >= 15 is 0 Å². The van der Waals surface area contributed by atoms with Gasteiger partial charge < -0.3 is 4.42 Å². The molecule has 7 aromatic rings. The van der Waals surface area contributed by atoms with Crippen molar-refractivity contribution in [3.05, 3.63) is 113 Å². The molecule has 0 bridgehead atoms. The maximum Gasteiger partial charge on any atom is 0.200 e. The highest BCUT2D eigenvalue weighted by Crippen LogP contribution is 2.38. The smallest absolute Gasteiger partial charge is 0.200 e. The van der Waals surface area contributed by atoms with Crippen LogP contribution in [0.5, 0.6) is 0 Å². The van der Waals surface area contributed by atoms with Crippen LogP contribution in [0.1, 0.15) is 0 Å². The van der Waals surface area contributed by atoms with Gasteiger partial charge in [0.15, 0.2) is 0 Å². The molecule has 2 radical (unpaired) electrons. The van der Waals surface area contributed by atoms with Gasteiger partial charge in [-0.05, 0) is 70.8 Å². The van der Waals surface area contributed by atoms with Gasteiger partial charge in [0.1, 0.15) is 19.0 Å². The minimum Gasteiger partial charge on any atom is -0.456 e. The van der Waals surface area contributed by atoms with Crippen LogP contribution in [0, 0.1) is 0 Å². The average molecular weight is 464 g/mol. The first-order valence-electron chi connectivity index (χ1n) is 11.4. The van der Waals surface area contributed by atoms with Crippen molar-refractivity contribution < 1.29 is 4.42 Å². The first-order valence-corrected chi connectivity index (χ1v) is 12.2. The Bertz CT molecular complexity index is 2000. The largest absolute Gasteiger partial charge is 0.456 e. The zero-order valence-corrected chi connectivity index (χ0v) is 19.4. The average Bonchev–Trinajstić information content (AvgIpc) is 3.26. The van der Waals surface area contributed by atoms with Crippen molar-refractivity contribution >= 4 is 66.8 Å². The minimum atomic E-state index is -0.00228. The van der Waals surface area contributed by atoms with E-state index in [9.17, 15) is 4.79 Å². The fourth-order valence-electron chi connectivity index (χ4n) is 4.84. The summed E-state index contributed by atoms with van der Waals surface area (Å²) in [5.41, 5.74) is 6.28. The molecule has 4 heteroatoms. The minimum absolute atomic E-state index is 0.00228. The molecule has 0 N–H and O–H groups in total. The second-order valence-electron chi connectivity index (χ2n) is 8.79. The van der Waals surface area contributed by atoms with Gasteiger partial charge in [-0.15, -0.1) is 11.3 Å². The summed E-state index contributed by atoms with van der Waals surface area (Å²) in [6, 6.07) is 34.3. The number of para-hydroxylation sites is 1. The van der Waals surface area contributed by atoms with Crippen molar-refractivity contribution in [3.8, 4) is 22.3 Å². The number of benzene rings is 5. The van der Waals surface area contributed by atoms with Gasteiger partial charge in [0.25, 0.3) is 0 Å². The van der Waals surface area contributed by atoms with Crippen LogP contribution in [0.4, 0.5) is 0 Å². The monoisotopic (exact) mass is 464 g/mol. The predicted octanol–water partition coefficient (Wildman–Crippen LogP) is 7.44. The first kappa shape index (κ1) is 20.2. The lowest BCUT2D eigenvalue weighted by atomic mass is 9.92. The van der Waals surface area contributed by atoms with Crippen LogP contribution in [0.3, 0.4) is 0 Å². The first-order chi connectivity index (χ1) is 17.1. The van der Waals surface area contributed by atoms with E-state index in [1.165, 1.54) is 20.2 Å². The number of rotatable bonds is 2. The summed E-state index contributed by atoms with van der Waals surface area (Å²) in [5.74, 6) is 0. The van der Waals surface area contributed by atoms with Gasteiger partial charge in [-0.1, -0.05) is 60.1 Å². The molecule has 0 atom stereocenters. The Morgan fingerprint density at radius 2 is 1.14 bits per heavy atom. The lowest BCUT2D eigenvalue weighted by Crippen LogP contribution is -2.01. The van der Waals surface area contributed by atoms with Crippen molar-refractivity contribution in [1.82, 2.24) is 0 Å². The Kier molecular flexibility index (Phi) is 4.45. The molecule has 0 saturated heterocycles. The van der Waals surface area contributed by atoms with Crippen LogP contribution >= 0.6 is 11.3 Å². The molecule has 0 saturated carbocycles. The standard InChI is InChI=1S/C31H17BO2S/c32-22-5-3-4-18(14-22)20-9-12-29-24(15-20)25-16-21(10-13-30(25)35-29)19-8-11-28-26(17-19)31(33)23-6-1-2-7-27(23)34-28/h1-17H. The highest BCUT2D eigenvalue weighted by Gasteiger charge is 2.12. The summed E-state index contributed by atoms with van der Waals surface area (Å²) in [6.07, 6.45) is 0. The van der Waals surface area contributed by atoms with Gasteiger partial charge in [-0.3, -0.25) is 4.79 Å².